The monoisotopic (exact) mass is 429 g/mol. The number of carbonyl (C=O) groups is 1. The van der Waals surface area contributed by atoms with E-state index in [1.165, 1.54) is 4.31 Å². The van der Waals surface area contributed by atoms with E-state index in [-0.39, 0.29) is 11.9 Å². The summed E-state index contributed by atoms with van der Waals surface area (Å²) in [5, 5.41) is 3.00. The van der Waals surface area contributed by atoms with Crippen LogP contribution in [0.25, 0.3) is 0 Å². The number of amides is 1. The molecule has 1 saturated heterocycles. The van der Waals surface area contributed by atoms with Crippen molar-refractivity contribution < 1.29 is 13.2 Å². The van der Waals surface area contributed by atoms with Gasteiger partial charge in [-0.2, -0.15) is 4.31 Å². The van der Waals surface area contributed by atoms with Gasteiger partial charge in [-0.15, -0.1) is 0 Å². The molecule has 3 rings (SSSR count). The van der Waals surface area contributed by atoms with E-state index in [2.05, 4.69) is 5.32 Å². The molecule has 1 heterocycles. The standard InChI is InChI=1S/C23H31N3O3S/c1-16-6-9-22(19(4)14-16)24-23(27)20(5)25-10-12-26(13-11-25)30(28,29)21-8-7-17(2)18(3)15-21/h6-9,14-15,20H,10-13H2,1-5H3,(H,24,27)/t20-/m0/s1. The Labute approximate surface area is 179 Å². The van der Waals surface area contributed by atoms with Gasteiger partial charge in [0.1, 0.15) is 0 Å². The summed E-state index contributed by atoms with van der Waals surface area (Å²) in [4.78, 5) is 15.1. The van der Waals surface area contributed by atoms with Crippen LogP contribution >= 0.6 is 0 Å². The molecule has 1 atom stereocenters. The molecule has 0 unspecified atom stereocenters. The van der Waals surface area contributed by atoms with Crippen molar-refractivity contribution in [1.29, 1.82) is 0 Å². The van der Waals surface area contributed by atoms with E-state index in [9.17, 15) is 13.2 Å². The van der Waals surface area contributed by atoms with Crippen molar-refractivity contribution in [2.24, 2.45) is 0 Å². The Morgan fingerprint density at radius 3 is 2.17 bits per heavy atom. The zero-order valence-electron chi connectivity index (χ0n) is 18.4. The first kappa shape index (κ1) is 22.5. The van der Waals surface area contributed by atoms with Gasteiger partial charge in [0.2, 0.25) is 15.9 Å². The zero-order valence-corrected chi connectivity index (χ0v) is 19.2. The van der Waals surface area contributed by atoms with Crippen LogP contribution in [0.4, 0.5) is 5.69 Å². The van der Waals surface area contributed by atoms with E-state index < -0.39 is 10.0 Å². The second kappa shape index (κ2) is 8.88. The molecule has 1 fully saturated rings. The maximum Gasteiger partial charge on any atom is 0.243 e. The van der Waals surface area contributed by atoms with E-state index in [0.717, 1.165) is 27.9 Å². The van der Waals surface area contributed by atoms with Crippen molar-refractivity contribution in [2.45, 2.75) is 45.6 Å². The van der Waals surface area contributed by atoms with Crippen molar-refractivity contribution >= 4 is 21.6 Å². The summed E-state index contributed by atoms with van der Waals surface area (Å²) in [6.07, 6.45) is 0. The summed E-state index contributed by atoms with van der Waals surface area (Å²) in [5.74, 6) is -0.0765. The second-order valence-corrected chi connectivity index (χ2v) is 10.1. The highest BCUT2D eigenvalue weighted by atomic mass is 32.2. The van der Waals surface area contributed by atoms with Crippen LogP contribution < -0.4 is 5.32 Å². The predicted octanol–water partition coefficient (Wildman–Crippen LogP) is 3.25. The third kappa shape index (κ3) is 4.74. The number of anilines is 1. The Balaban J connectivity index is 1.62. The molecule has 0 aromatic heterocycles. The molecule has 0 bridgehead atoms. The Kier molecular flexibility index (Phi) is 6.65. The van der Waals surface area contributed by atoms with Crippen LogP contribution in [0.1, 0.15) is 29.2 Å². The summed E-state index contributed by atoms with van der Waals surface area (Å²) in [5.41, 5.74) is 5.03. The van der Waals surface area contributed by atoms with Gasteiger partial charge in [-0.1, -0.05) is 23.8 Å². The van der Waals surface area contributed by atoms with Crippen LogP contribution in [0.5, 0.6) is 0 Å². The largest absolute Gasteiger partial charge is 0.324 e. The normalized spacial score (nSPS) is 17.0. The highest BCUT2D eigenvalue weighted by Crippen LogP contribution is 2.22. The first-order valence-electron chi connectivity index (χ1n) is 10.3. The lowest BCUT2D eigenvalue weighted by atomic mass is 10.1. The van der Waals surface area contributed by atoms with Gasteiger partial charge in [-0.25, -0.2) is 8.42 Å². The molecular formula is C23H31N3O3S. The van der Waals surface area contributed by atoms with Gasteiger partial charge >= 0.3 is 0 Å². The third-order valence-electron chi connectivity index (χ3n) is 5.96. The van der Waals surface area contributed by atoms with Crippen molar-refractivity contribution in [3.8, 4) is 0 Å². The van der Waals surface area contributed by atoms with Gasteiger partial charge in [-0.05, 0) is 69.5 Å². The quantitative estimate of drug-likeness (QED) is 0.792. The fourth-order valence-corrected chi connectivity index (χ4v) is 5.22. The van der Waals surface area contributed by atoms with Crippen LogP contribution in [0, 0.1) is 27.7 Å². The Hall–Kier alpha value is -2.22. The van der Waals surface area contributed by atoms with Crippen molar-refractivity contribution in [3.63, 3.8) is 0 Å². The maximum atomic E-state index is 13.0. The van der Waals surface area contributed by atoms with Gasteiger partial charge < -0.3 is 5.32 Å². The molecule has 0 radical (unpaired) electrons. The zero-order chi connectivity index (χ0) is 22.1. The molecule has 1 aliphatic rings. The van der Waals surface area contributed by atoms with Crippen LogP contribution in [0.3, 0.4) is 0 Å². The molecule has 162 valence electrons. The molecule has 2 aromatic rings. The maximum absolute atomic E-state index is 13.0. The minimum absolute atomic E-state index is 0.0765. The fraction of sp³-hybridized carbons (Fsp3) is 0.435. The number of benzene rings is 2. The van der Waals surface area contributed by atoms with E-state index in [4.69, 9.17) is 0 Å². The van der Waals surface area contributed by atoms with Crippen molar-refractivity contribution in [1.82, 2.24) is 9.21 Å². The smallest absolute Gasteiger partial charge is 0.243 e. The predicted molar refractivity (Wildman–Crippen MR) is 120 cm³/mol. The molecule has 1 N–H and O–H groups in total. The lowest BCUT2D eigenvalue weighted by molar-refractivity contribution is -0.121. The molecule has 0 aliphatic carbocycles. The molecule has 0 spiro atoms. The van der Waals surface area contributed by atoms with Crippen molar-refractivity contribution in [3.05, 3.63) is 58.7 Å². The van der Waals surface area contributed by atoms with Crippen LogP contribution in [-0.2, 0) is 14.8 Å². The molecule has 1 aliphatic heterocycles. The molecule has 1 amide bonds. The third-order valence-corrected chi connectivity index (χ3v) is 7.85. The van der Waals surface area contributed by atoms with E-state index in [1.807, 2.05) is 63.8 Å². The van der Waals surface area contributed by atoms with Gasteiger partial charge in [0, 0.05) is 31.9 Å². The van der Waals surface area contributed by atoms with Crippen LogP contribution in [0.15, 0.2) is 41.3 Å². The van der Waals surface area contributed by atoms with Gasteiger partial charge in [-0.3, -0.25) is 9.69 Å². The molecule has 30 heavy (non-hydrogen) atoms. The number of hydrogen-bond acceptors (Lipinski definition) is 4. The fourth-order valence-electron chi connectivity index (χ4n) is 3.71. The molecule has 7 heteroatoms. The first-order chi connectivity index (χ1) is 14.1. The molecule has 0 saturated carbocycles. The first-order valence-corrected chi connectivity index (χ1v) is 11.7. The number of nitrogens with zero attached hydrogens (tertiary/aromatic N) is 2. The number of carbonyl (C=O) groups excluding carboxylic acids is 1. The van der Waals surface area contributed by atoms with Crippen molar-refractivity contribution in [2.75, 3.05) is 31.5 Å². The summed E-state index contributed by atoms with van der Waals surface area (Å²) in [6.45, 7) is 11.5. The molecular weight excluding hydrogens is 398 g/mol. The minimum atomic E-state index is -3.52. The highest BCUT2D eigenvalue weighted by Gasteiger charge is 2.32. The summed E-state index contributed by atoms with van der Waals surface area (Å²) >= 11 is 0. The SMILES string of the molecule is Cc1ccc(NC(=O)[C@H](C)N2CCN(S(=O)(=O)c3ccc(C)c(C)c3)CC2)c(C)c1. The Morgan fingerprint density at radius 2 is 1.57 bits per heavy atom. The summed E-state index contributed by atoms with van der Waals surface area (Å²) in [6, 6.07) is 10.8. The van der Waals surface area contributed by atoms with Gasteiger partial charge in [0.25, 0.3) is 0 Å². The number of nitrogens with one attached hydrogen (secondary N) is 1. The topological polar surface area (TPSA) is 69.7 Å². The van der Waals surface area contributed by atoms with Gasteiger partial charge in [0.15, 0.2) is 0 Å². The second-order valence-electron chi connectivity index (χ2n) is 8.17. The van der Waals surface area contributed by atoms with Gasteiger partial charge in [0.05, 0.1) is 10.9 Å². The number of sulfonamides is 1. The minimum Gasteiger partial charge on any atom is -0.324 e. The Morgan fingerprint density at radius 1 is 0.900 bits per heavy atom. The Bertz CT molecular complexity index is 1040. The van der Waals surface area contributed by atoms with E-state index in [0.29, 0.717) is 31.1 Å². The molecule has 2 aromatic carbocycles. The summed E-state index contributed by atoms with van der Waals surface area (Å²) in [7, 11) is -3.52. The number of hydrogen-bond donors (Lipinski definition) is 1. The van der Waals surface area contributed by atoms with E-state index >= 15 is 0 Å². The average Bonchev–Trinajstić information content (AvgIpc) is 2.71. The average molecular weight is 430 g/mol. The number of rotatable bonds is 5. The number of piperazine rings is 1. The lowest BCUT2D eigenvalue weighted by Crippen LogP contribution is -2.53. The van der Waals surface area contributed by atoms with Crippen LogP contribution in [-0.4, -0.2) is 55.8 Å². The molecule has 6 nitrogen and oxygen atoms in total. The van der Waals surface area contributed by atoms with E-state index in [1.54, 1.807) is 12.1 Å². The summed E-state index contributed by atoms with van der Waals surface area (Å²) < 4.78 is 27.5. The van der Waals surface area contributed by atoms with Crippen LogP contribution in [0.2, 0.25) is 0 Å². The lowest BCUT2D eigenvalue weighted by Gasteiger charge is -2.36. The number of aryl methyl sites for hydroxylation is 4. The highest BCUT2D eigenvalue weighted by molar-refractivity contribution is 7.89.